The van der Waals surface area contributed by atoms with E-state index in [1.807, 2.05) is 0 Å². The van der Waals surface area contributed by atoms with Gasteiger partial charge in [-0.1, -0.05) is 11.8 Å². The fraction of sp³-hybridized carbons (Fsp3) is 0.667. The SMILES string of the molecule is N=P(=O)C1=NCCS1. The van der Waals surface area contributed by atoms with Gasteiger partial charge >= 0.3 is 0 Å². The fourth-order valence-corrected chi connectivity index (χ4v) is 1.97. The summed E-state index contributed by atoms with van der Waals surface area (Å²) in [6.07, 6.45) is 0. The molecule has 1 unspecified atom stereocenters. The van der Waals surface area contributed by atoms with E-state index in [4.69, 9.17) is 5.16 Å². The summed E-state index contributed by atoms with van der Waals surface area (Å²) >= 11 is 1.43. The Bertz CT molecular complexity index is 178. The molecule has 0 aromatic carbocycles. The third-order valence-electron chi connectivity index (χ3n) is 0.743. The average Bonchev–Trinajstić information content (AvgIpc) is 2.12. The molecule has 0 amide bonds. The van der Waals surface area contributed by atoms with Gasteiger partial charge in [-0.2, -0.15) is 0 Å². The molecule has 1 N–H and O–H groups in total. The lowest BCUT2D eigenvalue weighted by atomic mass is 10.8. The van der Waals surface area contributed by atoms with Crippen LogP contribution in [0, 0.1) is 5.16 Å². The van der Waals surface area contributed by atoms with Crippen LogP contribution in [0.5, 0.6) is 0 Å². The summed E-state index contributed by atoms with van der Waals surface area (Å²) in [5.74, 6) is 0.898. The molecule has 1 aliphatic rings. The normalized spacial score (nSPS) is 20.5. The van der Waals surface area contributed by atoms with Gasteiger partial charge in [0.25, 0.3) is 0 Å². The van der Waals surface area contributed by atoms with Gasteiger partial charge in [-0.3, -0.25) is 9.56 Å². The minimum atomic E-state index is -1.89. The summed E-state index contributed by atoms with van der Waals surface area (Å²) in [5.41, 5.74) is 0. The van der Waals surface area contributed by atoms with E-state index < -0.39 is 7.59 Å². The van der Waals surface area contributed by atoms with Crippen LogP contribution >= 0.6 is 19.4 Å². The van der Waals surface area contributed by atoms with Crippen LogP contribution in [0.3, 0.4) is 0 Å². The minimum absolute atomic E-state index is 0.514. The number of nitrogens with one attached hydrogen (secondary N) is 1. The maximum atomic E-state index is 10.3. The lowest BCUT2D eigenvalue weighted by Crippen LogP contribution is -1.69. The first-order chi connectivity index (χ1) is 3.80. The highest BCUT2D eigenvalue weighted by Crippen LogP contribution is 2.24. The Morgan fingerprint density at radius 1 is 1.88 bits per heavy atom. The van der Waals surface area contributed by atoms with Crippen LogP contribution in [-0.4, -0.2) is 17.1 Å². The quantitative estimate of drug-likeness (QED) is 0.575. The molecular weight excluding hydrogens is 143 g/mol. The summed E-state index contributed by atoms with van der Waals surface area (Å²) in [7, 11) is -1.89. The first-order valence-electron chi connectivity index (χ1n) is 2.16. The second-order valence-electron chi connectivity index (χ2n) is 1.31. The molecule has 1 heterocycles. The Kier molecular flexibility index (Phi) is 1.86. The largest absolute Gasteiger partial charge is 0.269 e. The Morgan fingerprint density at radius 2 is 2.62 bits per heavy atom. The zero-order valence-corrected chi connectivity index (χ0v) is 5.84. The van der Waals surface area contributed by atoms with Crippen molar-refractivity contribution in [2.24, 2.45) is 4.99 Å². The second-order valence-corrected chi connectivity index (χ2v) is 3.71. The van der Waals surface area contributed by atoms with E-state index in [9.17, 15) is 4.57 Å². The van der Waals surface area contributed by atoms with Gasteiger partial charge in [0.2, 0.25) is 7.59 Å². The number of nitrogens with zero attached hydrogens (tertiary/aromatic N) is 1. The average molecular weight is 148 g/mol. The molecule has 0 radical (unpaired) electrons. The van der Waals surface area contributed by atoms with Gasteiger partial charge in [-0.25, -0.2) is 5.16 Å². The van der Waals surface area contributed by atoms with E-state index in [0.29, 0.717) is 4.78 Å². The van der Waals surface area contributed by atoms with Crippen LogP contribution in [0.4, 0.5) is 0 Å². The molecule has 1 aliphatic heterocycles. The maximum absolute atomic E-state index is 10.3. The van der Waals surface area contributed by atoms with Crippen molar-refractivity contribution >= 4 is 24.1 Å². The van der Waals surface area contributed by atoms with E-state index >= 15 is 0 Å². The molecule has 8 heavy (non-hydrogen) atoms. The summed E-state index contributed by atoms with van der Waals surface area (Å²) < 4.78 is 10.3. The lowest BCUT2D eigenvalue weighted by Gasteiger charge is -1.78. The number of thioether (sulfide) groups is 1. The molecule has 1 rings (SSSR count). The van der Waals surface area contributed by atoms with Gasteiger partial charge in [-0.15, -0.1) is 0 Å². The van der Waals surface area contributed by atoms with Crippen LogP contribution in [0.1, 0.15) is 0 Å². The molecule has 0 fully saturated rings. The molecule has 0 bridgehead atoms. The van der Waals surface area contributed by atoms with Crippen molar-refractivity contribution in [2.45, 2.75) is 0 Å². The number of hydrogen-bond donors (Lipinski definition) is 1. The van der Waals surface area contributed by atoms with Gasteiger partial charge in [0.05, 0.1) is 6.54 Å². The third kappa shape index (κ3) is 1.20. The van der Waals surface area contributed by atoms with Gasteiger partial charge in [0, 0.05) is 5.75 Å². The Morgan fingerprint density at radius 3 is 2.88 bits per heavy atom. The molecule has 0 saturated carbocycles. The highest BCUT2D eigenvalue weighted by atomic mass is 32.2. The molecule has 5 heteroatoms. The van der Waals surface area contributed by atoms with Crippen molar-refractivity contribution in [1.82, 2.24) is 0 Å². The second kappa shape index (κ2) is 2.46. The van der Waals surface area contributed by atoms with Crippen molar-refractivity contribution < 1.29 is 4.57 Å². The smallest absolute Gasteiger partial charge is 0.246 e. The van der Waals surface area contributed by atoms with Crippen molar-refractivity contribution in [3.05, 3.63) is 0 Å². The Hall–Kier alpha value is -0.0800. The van der Waals surface area contributed by atoms with Crippen LogP contribution in [0.25, 0.3) is 0 Å². The molecule has 0 aromatic heterocycles. The van der Waals surface area contributed by atoms with Crippen LogP contribution in [-0.2, 0) is 4.57 Å². The van der Waals surface area contributed by atoms with Gasteiger partial charge in [0.1, 0.15) is 0 Å². The Labute approximate surface area is 51.9 Å². The molecular formula is C3H5N2OPS. The first-order valence-corrected chi connectivity index (χ1v) is 4.41. The predicted molar refractivity (Wildman–Crippen MR) is 35.1 cm³/mol. The van der Waals surface area contributed by atoms with E-state index in [2.05, 4.69) is 4.99 Å². The Balaban J connectivity index is 2.72. The van der Waals surface area contributed by atoms with Crippen molar-refractivity contribution in [3.8, 4) is 0 Å². The van der Waals surface area contributed by atoms with Crippen molar-refractivity contribution in [2.75, 3.05) is 12.3 Å². The third-order valence-corrected chi connectivity index (χ3v) is 2.89. The zero-order valence-electron chi connectivity index (χ0n) is 4.13. The monoisotopic (exact) mass is 148 g/mol. The van der Waals surface area contributed by atoms with Gasteiger partial charge in [-0.05, 0) is 0 Å². The van der Waals surface area contributed by atoms with Gasteiger partial charge < -0.3 is 0 Å². The standard InChI is InChI=1S/C3H5N2OPS/c4-7(6)3-5-1-2-8-3/h4H,1-2H2. The van der Waals surface area contributed by atoms with E-state index in [0.717, 1.165) is 12.3 Å². The van der Waals surface area contributed by atoms with Crippen LogP contribution < -0.4 is 0 Å². The molecule has 1 atom stereocenters. The summed E-state index contributed by atoms with van der Waals surface area (Å²) in [4.78, 5) is 4.36. The van der Waals surface area contributed by atoms with E-state index in [1.165, 1.54) is 11.8 Å². The molecule has 0 aromatic rings. The molecule has 0 aliphatic carbocycles. The topological polar surface area (TPSA) is 53.3 Å². The fourth-order valence-electron chi connectivity index (χ4n) is 0.447. The summed E-state index contributed by atoms with van der Waals surface area (Å²) in [6.45, 7) is 0.736. The van der Waals surface area contributed by atoms with Crippen LogP contribution in [0.15, 0.2) is 4.99 Å². The molecule has 3 nitrogen and oxygen atoms in total. The molecule has 44 valence electrons. The number of rotatable bonds is 1. The van der Waals surface area contributed by atoms with Crippen molar-refractivity contribution in [1.29, 1.82) is 5.16 Å². The molecule has 0 spiro atoms. The van der Waals surface area contributed by atoms with Gasteiger partial charge in [0.15, 0.2) is 4.78 Å². The number of hydrogen-bond acceptors (Lipinski definition) is 4. The minimum Gasteiger partial charge on any atom is -0.269 e. The van der Waals surface area contributed by atoms with E-state index in [1.54, 1.807) is 0 Å². The number of aliphatic imine (C=N–C) groups is 1. The van der Waals surface area contributed by atoms with Crippen molar-refractivity contribution in [3.63, 3.8) is 0 Å². The lowest BCUT2D eigenvalue weighted by molar-refractivity contribution is 0.598. The maximum Gasteiger partial charge on any atom is 0.246 e. The molecule has 0 saturated heterocycles. The highest BCUT2D eigenvalue weighted by Gasteiger charge is 2.07. The zero-order chi connectivity index (χ0) is 5.98. The summed E-state index contributed by atoms with van der Waals surface area (Å²) in [5, 5.41) is 6.73. The van der Waals surface area contributed by atoms with Crippen LogP contribution in [0.2, 0.25) is 0 Å². The highest BCUT2D eigenvalue weighted by molar-refractivity contribution is 8.23. The van der Waals surface area contributed by atoms with E-state index in [-0.39, 0.29) is 0 Å². The first kappa shape index (κ1) is 6.05. The summed E-state index contributed by atoms with van der Waals surface area (Å²) in [6, 6.07) is 0. The predicted octanol–water partition coefficient (Wildman–Crippen LogP) is 1.68.